The SMILES string of the molecule is CC1CC(C)N=Cc2cc(C(C)(C)C)cc(c2O)CN(C)CCCN(C)Cc2cc(C(C)(C)C)cc(c2O)C=N1. The molecule has 1 heterocycles. The average Bonchev–Trinajstić information content (AvgIpc) is 2.83. The Balaban J connectivity index is 2.01. The molecular weight excluding hydrogens is 496 g/mol. The van der Waals surface area contributed by atoms with Crippen LogP contribution in [-0.4, -0.2) is 71.7 Å². The van der Waals surface area contributed by atoms with E-state index in [4.69, 9.17) is 9.98 Å². The van der Waals surface area contributed by atoms with Crippen molar-refractivity contribution >= 4 is 12.4 Å². The van der Waals surface area contributed by atoms with E-state index in [9.17, 15) is 10.2 Å². The fourth-order valence-corrected chi connectivity index (χ4v) is 5.12. The van der Waals surface area contributed by atoms with Crippen LogP contribution in [0.25, 0.3) is 0 Å². The second-order valence-corrected chi connectivity index (χ2v) is 14.0. The first-order chi connectivity index (χ1) is 18.5. The van der Waals surface area contributed by atoms with E-state index < -0.39 is 0 Å². The zero-order chi connectivity index (χ0) is 29.8. The van der Waals surface area contributed by atoms with Gasteiger partial charge in [-0.15, -0.1) is 0 Å². The van der Waals surface area contributed by atoms with Gasteiger partial charge in [0.1, 0.15) is 11.5 Å². The average molecular weight is 549 g/mol. The third kappa shape index (κ3) is 8.65. The number of aromatic hydroxyl groups is 2. The highest BCUT2D eigenvalue weighted by Gasteiger charge is 2.21. The van der Waals surface area contributed by atoms with Gasteiger partial charge in [0.25, 0.3) is 0 Å². The first-order valence-corrected chi connectivity index (χ1v) is 14.7. The monoisotopic (exact) mass is 548 g/mol. The van der Waals surface area contributed by atoms with E-state index in [-0.39, 0.29) is 22.9 Å². The van der Waals surface area contributed by atoms with Gasteiger partial charge in [-0.1, -0.05) is 53.7 Å². The smallest absolute Gasteiger partial charge is 0.128 e. The van der Waals surface area contributed by atoms with Crippen molar-refractivity contribution in [3.63, 3.8) is 0 Å². The van der Waals surface area contributed by atoms with Crippen LogP contribution in [0.3, 0.4) is 0 Å². The first-order valence-electron chi connectivity index (χ1n) is 14.7. The summed E-state index contributed by atoms with van der Waals surface area (Å²) < 4.78 is 0. The molecule has 1 aliphatic heterocycles. The molecule has 0 fully saturated rings. The molecule has 2 aromatic carbocycles. The first kappa shape index (κ1) is 31.8. The Morgan fingerprint density at radius 2 is 1.05 bits per heavy atom. The van der Waals surface area contributed by atoms with Crippen molar-refractivity contribution in [3.8, 4) is 11.5 Å². The molecule has 2 N–H and O–H groups in total. The molecule has 2 unspecified atom stereocenters. The summed E-state index contributed by atoms with van der Waals surface area (Å²) in [4.78, 5) is 14.2. The fourth-order valence-electron chi connectivity index (χ4n) is 5.12. The van der Waals surface area contributed by atoms with E-state index in [0.29, 0.717) is 24.6 Å². The van der Waals surface area contributed by atoms with Gasteiger partial charge in [-0.2, -0.15) is 0 Å². The third-order valence-electron chi connectivity index (χ3n) is 7.75. The second kappa shape index (κ2) is 12.9. The molecule has 0 saturated heterocycles. The van der Waals surface area contributed by atoms with E-state index in [2.05, 4.69) is 104 Å². The van der Waals surface area contributed by atoms with Crippen LogP contribution in [-0.2, 0) is 23.9 Å². The van der Waals surface area contributed by atoms with Crippen molar-refractivity contribution in [2.24, 2.45) is 9.98 Å². The van der Waals surface area contributed by atoms with Gasteiger partial charge >= 0.3 is 0 Å². The van der Waals surface area contributed by atoms with Crippen molar-refractivity contribution in [2.75, 3.05) is 27.2 Å². The highest BCUT2D eigenvalue weighted by atomic mass is 16.3. The summed E-state index contributed by atoms with van der Waals surface area (Å²) in [6.07, 6.45) is 5.39. The fraction of sp³-hybridized carbons (Fsp3) is 0.588. The zero-order valence-electron chi connectivity index (χ0n) is 26.5. The largest absolute Gasteiger partial charge is 0.507 e. The Hall–Kier alpha value is -2.70. The molecule has 1 aliphatic rings. The van der Waals surface area contributed by atoms with E-state index in [1.807, 2.05) is 12.4 Å². The van der Waals surface area contributed by atoms with Crippen LogP contribution >= 0.6 is 0 Å². The maximum atomic E-state index is 11.2. The Morgan fingerprint density at radius 3 is 1.40 bits per heavy atom. The Bertz CT molecular complexity index is 1130. The zero-order valence-corrected chi connectivity index (χ0v) is 26.5. The van der Waals surface area contributed by atoms with Crippen LogP contribution < -0.4 is 0 Å². The van der Waals surface area contributed by atoms with E-state index >= 15 is 0 Å². The summed E-state index contributed by atoms with van der Waals surface area (Å²) in [5, 5.41) is 22.4. The van der Waals surface area contributed by atoms with E-state index in [1.165, 1.54) is 11.1 Å². The molecule has 0 spiro atoms. The predicted octanol–water partition coefficient (Wildman–Crippen LogP) is 6.67. The van der Waals surface area contributed by atoms with Gasteiger partial charge in [-0.25, -0.2) is 0 Å². The summed E-state index contributed by atoms with van der Waals surface area (Å²) in [5.41, 5.74) is 5.71. The Labute approximate surface area is 242 Å². The Kier molecular flexibility index (Phi) is 10.2. The summed E-state index contributed by atoms with van der Waals surface area (Å²) in [6.45, 7) is 20.5. The van der Waals surface area contributed by atoms with Crippen LogP contribution in [0.1, 0.15) is 102 Å². The van der Waals surface area contributed by atoms with Gasteiger partial charge in [0.15, 0.2) is 0 Å². The molecule has 220 valence electrons. The molecule has 2 aromatic rings. The molecule has 6 heteroatoms. The summed E-state index contributed by atoms with van der Waals surface area (Å²) >= 11 is 0. The van der Waals surface area contributed by atoms with E-state index in [1.54, 1.807) is 0 Å². The highest BCUT2D eigenvalue weighted by molar-refractivity contribution is 5.85. The molecule has 0 aromatic heterocycles. The molecule has 40 heavy (non-hydrogen) atoms. The minimum Gasteiger partial charge on any atom is -0.507 e. The number of nitrogens with zero attached hydrogens (tertiary/aromatic N) is 4. The maximum absolute atomic E-state index is 11.2. The number of hydrogen-bond donors (Lipinski definition) is 2. The standard InChI is InChI=1S/C34H52N4O2/c1-23-14-24(2)36-20-26-16-30(34(6,7)8)18-28(32(26)40)22-38(10)13-11-12-37(9)21-27-17-29(33(3,4)5)15-25(19-35-23)31(27)39/h15-20,23-24,39-40H,11-14,21-22H2,1-10H3. The van der Waals surface area contributed by atoms with Gasteiger partial charge in [0, 0.05) is 59.9 Å². The molecular formula is C34H52N4O2. The topological polar surface area (TPSA) is 71.7 Å². The van der Waals surface area contributed by atoms with E-state index in [0.717, 1.165) is 48.2 Å². The minimum atomic E-state index is -0.0385. The third-order valence-corrected chi connectivity index (χ3v) is 7.75. The van der Waals surface area contributed by atoms with Gasteiger partial charge in [-0.05, 0) is 88.0 Å². The summed E-state index contributed by atoms with van der Waals surface area (Å²) in [5.74, 6) is 0.633. The maximum Gasteiger partial charge on any atom is 0.128 e. The number of benzene rings is 2. The molecule has 0 saturated carbocycles. The highest BCUT2D eigenvalue weighted by Crippen LogP contribution is 2.33. The molecule has 2 atom stereocenters. The molecule has 6 nitrogen and oxygen atoms in total. The number of aliphatic imine (C=N–C) groups is 2. The van der Waals surface area contributed by atoms with Crippen molar-refractivity contribution in [3.05, 3.63) is 57.6 Å². The molecule has 3 rings (SSSR count). The van der Waals surface area contributed by atoms with Crippen LogP contribution in [0.5, 0.6) is 11.5 Å². The molecule has 0 amide bonds. The summed E-state index contributed by atoms with van der Waals surface area (Å²) in [7, 11) is 4.22. The van der Waals surface area contributed by atoms with Crippen LogP contribution in [0.15, 0.2) is 34.3 Å². The Morgan fingerprint density at radius 1 is 0.675 bits per heavy atom. The lowest BCUT2D eigenvalue weighted by molar-refractivity contribution is 0.266. The quantitative estimate of drug-likeness (QED) is 0.386. The lowest BCUT2D eigenvalue weighted by atomic mass is 9.84. The number of phenolic OH excluding ortho intramolecular Hbond substituents is 2. The van der Waals surface area contributed by atoms with Gasteiger partial charge < -0.3 is 20.0 Å². The van der Waals surface area contributed by atoms with Crippen molar-refractivity contribution in [2.45, 2.75) is 104 Å². The van der Waals surface area contributed by atoms with Gasteiger partial charge in [0.05, 0.1) is 0 Å². The van der Waals surface area contributed by atoms with Crippen molar-refractivity contribution in [1.29, 1.82) is 0 Å². The lowest BCUT2D eigenvalue weighted by Gasteiger charge is -2.25. The normalized spacial score (nSPS) is 20.9. The molecule has 4 bridgehead atoms. The van der Waals surface area contributed by atoms with Crippen molar-refractivity contribution in [1.82, 2.24) is 9.80 Å². The minimum absolute atomic E-state index is 0.0280. The van der Waals surface area contributed by atoms with Crippen molar-refractivity contribution < 1.29 is 10.2 Å². The second-order valence-electron chi connectivity index (χ2n) is 14.0. The number of phenols is 2. The van der Waals surface area contributed by atoms with Crippen LogP contribution in [0.4, 0.5) is 0 Å². The van der Waals surface area contributed by atoms with Gasteiger partial charge in [0.2, 0.25) is 0 Å². The van der Waals surface area contributed by atoms with Crippen LogP contribution in [0, 0.1) is 0 Å². The lowest BCUT2D eigenvalue weighted by Crippen LogP contribution is -2.26. The molecule has 0 aliphatic carbocycles. The van der Waals surface area contributed by atoms with Gasteiger partial charge in [-0.3, -0.25) is 9.98 Å². The number of rotatable bonds is 0. The number of fused-ring (bicyclic) bond motifs is 4. The molecule has 0 radical (unpaired) electrons. The summed E-state index contributed by atoms with van der Waals surface area (Å²) in [6, 6.07) is 8.48. The number of hydrogen-bond acceptors (Lipinski definition) is 6. The predicted molar refractivity (Wildman–Crippen MR) is 170 cm³/mol. The van der Waals surface area contributed by atoms with Crippen LogP contribution in [0.2, 0.25) is 0 Å².